The van der Waals surface area contributed by atoms with Crippen LogP contribution in [0.1, 0.15) is 25.7 Å². The van der Waals surface area contributed by atoms with Crippen LogP contribution in [0.25, 0.3) is 0 Å². The summed E-state index contributed by atoms with van der Waals surface area (Å²) in [4.78, 5) is 0. The van der Waals surface area contributed by atoms with Gasteiger partial charge in [-0.2, -0.15) is 9.57 Å². The largest absolute Gasteiger partial charge is 0.217 e. The summed E-state index contributed by atoms with van der Waals surface area (Å²) in [5.74, 6) is 0. The van der Waals surface area contributed by atoms with E-state index in [0.717, 1.165) is 30.0 Å². The fraction of sp³-hybridized carbons (Fsp3) is 0.875. The monoisotopic (exact) mass is 202 g/mol. The topological polar surface area (TPSA) is 61.2 Å². The highest BCUT2D eigenvalue weighted by atomic mass is 32.2. The predicted octanol–water partition coefficient (Wildman–Crippen LogP) is 0.714. The van der Waals surface area contributed by atoms with Crippen LogP contribution in [-0.4, -0.2) is 31.6 Å². The summed E-state index contributed by atoms with van der Waals surface area (Å²) in [6, 6.07) is 1.84. The van der Waals surface area contributed by atoms with Crippen molar-refractivity contribution >= 4 is 10.0 Å². The third-order valence-corrected chi connectivity index (χ3v) is 4.76. The minimum Gasteiger partial charge on any atom is -0.212 e. The predicted molar refractivity (Wildman–Crippen MR) is 49.4 cm³/mol. The fourth-order valence-electron chi connectivity index (χ4n) is 1.63. The van der Waals surface area contributed by atoms with Crippen LogP contribution in [0.15, 0.2) is 0 Å². The van der Waals surface area contributed by atoms with E-state index in [1.54, 1.807) is 0 Å². The van der Waals surface area contributed by atoms with Gasteiger partial charge >= 0.3 is 0 Å². The lowest BCUT2D eigenvalue weighted by atomic mass is 10.4. The maximum absolute atomic E-state index is 11.7. The van der Waals surface area contributed by atoms with Crippen LogP contribution in [0.3, 0.4) is 0 Å². The third kappa shape index (κ3) is 2.20. The van der Waals surface area contributed by atoms with Gasteiger partial charge in [-0.3, -0.25) is 0 Å². The van der Waals surface area contributed by atoms with Crippen LogP contribution in [0.5, 0.6) is 0 Å². The summed E-state index contributed by atoms with van der Waals surface area (Å²) in [6.45, 7) is -0.0428. The Kier molecular flexibility index (Phi) is 3.28. The standard InChI is InChI=1S/C8H14N2O2S/c1-10(7-6-9)13(11,12)8-4-2-3-5-8/h8H,2-5,7H2,1H3. The number of sulfonamides is 1. The third-order valence-electron chi connectivity index (χ3n) is 2.45. The fourth-order valence-corrected chi connectivity index (χ4v) is 3.31. The van der Waals surface area contributed by atoms with Crippen LogP contribution in [0, 0.1) is 11.3 Å². The van der Waals surface area contributed by atoms with Gasteiger partial charge in [-0.1, -0.05) is 12.8 Å². The van der Waals surface area contributed by atoms with Gasteiger partial charge < -0.3 is 0 Å². The van der Waals surface area contributed by atoms with Crippen molar-refractivity contribution in [3.63, 3.8) is 0 Å². The first-order valence-electron chi connectivity index (χ1n) is 4.41. The Hall–Kier alpha value is -0.600. The summed E-state index contributed by atoms with van der Waals surface area (Å²) in [5, 5.41) is 8.14. The van der Waals surface area contributed by atoms with E-state index in [2.05, 4.69) is 0 Å². The molecule has 0 unspecified atom stereocenters. The molecule has 0 aromatic heterocycles. The molecule has 0 spiro atoms. The molecule has 1 fully saturated rings. The molecule has 0 radical (unpaired) electrons. The number of hydrogen-bond donors (Lipinski definition) is 0. The highest BCUT2D eigenvalue weighted by Gasteiger charge is 2.31. The van der Waals surface area contributed by atoms with Crippen molar-refractivity contribution in [2.45, 2.75) is 30.9 Å². The van der Waals surface area contributed by atoms with Crippen LogP contribution in [-0.2, 0) is 10.0 Å². The molecular weight excluding hydrogens is 188 g/mol. The van der Waals surface area contributed by atoms with E-state index < -0.39 is 10.0 Å². The van der Waals surface area contributed by atoms with Crippen LogP contribution in [0.2, 0.25) is 0 Å². The Balaban J connectivity index is 2.70. The maximum Gasteiger partial charge on any atom is 0.217 e. The normalized spacial score (nSPS) is 19.2. The van der Waals surface area contributed by atoms with E-state index in [9.17, 15) is 8.42 Å². The molecule has 5 heteroatoms. The van der Waals surface area contributed by atoms with Gasteiger partial charge in [-0.25, -0.2) is 8.42 Å². The molecule has 1 rings (SSSR count). The highest BCUT2D eigenvalue weighted by molar-refractivity contribution is 7.89. The average molecular weight is 202 g/mol. The van der Waals surface area contributed by atoms with Crippen LogP contribution in [0.4, 0.5) is 0 Å². The number of hydrogen-bond acceptors (Lipinski definition) is 3. The van der Waals surface area contributed by atoms with E-state index in [1.807, 2.05) is 6.07 Å². The summed E-state index contributed by atoms with van der Waals surface area (Å²) in [6.07, 6.45) is 3.48. The lowest BCUT2D eigenvalue weighted by molar-refractivity contribution is 0.487. The van der Waals surface area contributed by atoms with Crippen molar-refractivity contribution in [2.75, 3.05) is 13.6 Å². The van der Waals surface area contributed by atoms with Gasteiger partial charge in [0.25, 0.3) is 0 Å². The Labute approximate surface area is 79.2 Å². The number of nitrogens with zero attached hydrogens (tertiary/aromatic N) is 2. The second-order valence-corrected chi connectivity index (χ2v) is 5.69. The Morgan fingerprint density at radius 3 is 2.46 bits per heavy atom. The molecule has 0 N–H and O–H groups in total. The van der Waals surface area contributed by atoms with E-state index in [0.29, 0.717) is 0 Å². The number of rotatable bonds is 3. The van der Waals surface area contributed by atoms with Crippen molar-refractivity contribution in [3.05, 3.63) is 0 Å². The average Bonchev–Trinajstić information content (AvgIpc) is 2.56. The first-order valence-corrected chi connectivity index (χ1v) is 5.91. The number of nitriles is 1. The Morgan fingerprint density at radius 1 is 1.46 bits per heavy atom. The minimum absolute atomic E-state index is 0.0428. The summed E-state index contributed by atoms with van der Waals surface area (Å²) < 4.78 is 24.6. The van der Waals surface area contributed by atoms with Crippen molar-refractivity contribution < 1.29 is 8.42 Å². The van der Waals surface area contributed by atoms with Crippen LogP contribution >= 0.6 is 0 Å². The van der Waals surface area contributed by atoms with E-state index in [4.69, 9.17) is 5.26 Å². The maximum atomic E-state index is 11.7. The zero-order valence-electron chi connectivity index (χ0n) is 7.73. The molecule has 0 heterocycles. The molecule has 13 heavy (non-hydrogen) atoms. The summed E-state index contributed by atoms with van der Waals surface area (Å²) in [5.41, 5.74) is 0. The second-order valence-electron chi connectivity index (χ2n) is 3.37. The van der Waals surface area contributed by atoms with E-state index in [-0.39, 0.29) is 11.8 Å². The van der Waals surface area contributed by atoms with Crippen molar-refractivity contribution in [1.29, 1.82) is 5.26 Å². The lowest BCUT2D eigenvalue weighted by Crippen LogP contribution is -2.34. The minimum atomic E-state index is -3.19. The quantitative estimate of drug-likeness (QED) is 0.633. The second kappa shape index (κ2) is 4.07. The first-order chi connectivity index (χ1) is 6.09. The van der Waals surface area contributed by atoms with Crippen molar-refractivity contribution in [3.8, 4) is 6.07 Å². The van der Waals surface area contributed by atoms with Crippen LogP contribution < -0.4 is 0 Å². The molecule has 0 atom stereocenters. The van der Waals surface area contributed by atoms with Gasteiger partial charge in [0.2, 0.25) is 10.0 Å². The zero-order valence-corrected chi connectivity index (χ0v) is 8.55. The molecule has 74 valence electrons. The lowest BCUT2D eigenvalue weighted by Gasteiger charge is -2.18. The summed E-state index contributed by atoms with van der Waals surface area (Å²) >= 11 is 0. The highest BCUT2D eigenvalue weighted by Crippen LogP contribution is 2.26. The molecule has 0 aromatic carbocycles. The SMILES string of the molecule is CN(CC#N)S(=O)(=O)C1CCCC1. The molecule has 0 saturated heterocycles. The molecule has 1 aliphatic rings. The molecular formula is C8H14N2O2S. The van der Waals surface area contributed by atoms with Crippen molar-refractivity contribution in [2.24, 2.45) is 0 Å². The Morgan fingerprint density at radius 2 is 2.00 bits per heavy atom. The molecule has 0 amide bonds. The summed E-state index contributed by atoms with van der Waals surface area (Å²) in [7, 11) is -1.72. The van der Waals surface area contributed by atoms with Gasteiger partial charge in [0.15, 0.2) is 0 Å². The van der Waals surface area contributed by atoms with Gasteiger partial charge in [-0.15, -0.1) is 0 Å². The van der Waals surface area contributed by atoms with Gasteiger partial charge in [0, 0.05) is 7.05 Å². The first kappa shape index (κ1) is 10.5. The zero-order chi connectivity index (χ0) is 9.90. The van der Waals surface area contributed by atoms with Gasteiger partial charge in [0.05, 0.1) is 11.3 Å². The molecule has 4 nitrogen and oxygen atoms in total. The van der Waals surface area contributed by atoms with Gasteiger partial charge in [-0.05, 0) is 12.8 Å². The van der Waals surface area contributed by atoms with E-state index >= 15 is 0 Å². The smallest absolute Gasteiger partial charge is 0.212 e. The molecule has 1 saturated carbocycles. The van der Waals surface area contributed by atoms with Crippen molar-refractivity contribution in [1.82, 2.24) is 4.31 Å². The molecule has 0 bridgehead atoms. The molecule has 0 aliphatic heterocycles. The van der Waals surface area contributed by atoms with Gasteiger partial charge in [0.1, 0.15) is 6.54 Å². The Bertz CT molecular complexity index is 299. The molecule has 0 aromatic rings. The molecule has 1 aliphatic carbocycles. The van der Waals surface area contributed by atoms with E-state index in [1.165, 1.54) is 7.05 Å².